The van der Waals surface area contributed by atoms with Gasteiger partial charge in [-0.05, 0) is 43.2 Å². The van der Waals surface area contributed by atoms with Gasteiger partial charge in [-0.25, -0.2) is 0 Å². The molecule has 25 heavy (non-hydrogen) atoms. The van der Waals surface area contributed by atoms with Crippen molar-refractivity contribution in [1.82, 2.24) is 5.32 Å². The van der Waals surface area contributed by atoms with E-state index >= 15 is 0 Å². The third-order valence-corrected chi connectivity index (χ3v) is 4.01. The molecular weight excluding hydrogens is 320 g/mol. The second-order valence-electron chi connectivity index (χ2n) is 5.79. The Bertz CT molecular complexity index is 804. The Labute approximate surface area is 146 Å². The van der Waals surface area contributed by atoms with Gasteiger partial charge in [0.05, 0.1) is 18.4 Å². The molecule has 0 saturated heterocycles. The van der Waals surface area contributed by atoms with E-state index < -0.39 is 6.10 Å². The number of carbonyl (C=O) groups is 2. The first-order valence-electron chi connectivity index (χ1n) is 8.10. The molecule has 0 bridgehead atoms. The third kappa shape index (κ3) is 3.74. The van der Waals surface area contributed by atoms with Crippen molar-refractivity contribution in [2.24, 2.45) is 0 Å². The van der Waals surface area contributed by atoms with Gasteiger partial charge in [-0.1, -0.05) is 18.2 Å². The van der Waals surface area contributed by atoms with Gasteiger partial charge < -0.3 is 20.1 Å². The maximum absolute atomic E-state index is 12.5. The molecule has 2 aromatic rings. The second-order valence-corrected chi connectivity index (χ2v) is 5.79. The van der Waals surface area contributed by atoms with Crippen molar-refractivity contribution in [2.75, 3.05) is 19.0 Å². The Hall–Kier alpha value is -3.02. The second kappa shape index (κ2) is 7.25. The fourth-order valence-corrected chi connectivity index (χ4v) is 2.65. The number of fused-ring (bicyclic) bond motifs is 1. The van der Waals surface area contributed by atoms with Crippen molar-refractivity contribution in [2.45, 2.75) is 19.4 Å². The van der Waals surface area contributed by atoms with E-state index in [0.717, 1.165) is 11.3 Å². The number of ether oxygens (including phenoxy) is 2. The van der Waals surface area contributed by atoms with Gasteiger partial charge in [0, 0.05) is 6.54 Å². The van der Waals surface area contributed by atoms with E-state index in [9.17, 15) is 9.59 Å². The van der Waals surface area contributed by atoms with Crippen LogP contribution in [0.25, 0.3) is 0 Å². The Balaban J connectivity index is 1.66. The van der Waals surface area contributed by atoms with Crippen LogP contribution in [-0.4, -0.2) is 31.6 Å². The molecule has 0 saturated carbocycles. The Morgan fingerprint density at radius 1 is 1.28 bits per heavy atom. The maximum Gasteiger partial charge on any atom is 0.265 e. The monoisotopic (exact) mass is 340 g/mol. The van der Waals surface area contributed by atoms with Crippen LogP contribution in [0, 0.1) is 0 Å². The molecule has 0 fully saturated rings. The van der Waals surface area contributed by atoms with Crippen LogP contribution < -0.4 is 20.1 Å². The van der Waals surface area contributed by atoms with Crippen molar-refractivity contribution < 1.29 is 19.1 Å². The summed E-state index contributed by atoms with van der Waals surface area (Å²) in [4.78, 5) is 24.2. The Kier molecular flexibility index (Phi) is 4.88. The number of nitrogens with one attached hydrogen (secondary N) is 2. The van der Waals surface area contributed by atoms with Crippen molar-refractivity contribution >= 4 is 17.5 Å². The van der Waals surface area contributed by atoms with Gasteiger partial charge in [0.1, 0.15) is 5.75 Å². The minimum atomic E-state index is -0.627. The summed E-state index contributed by atoms with van der Waals surface area (Å²) in [6, 6.07) is 12.8. The van der Waals surface area contributed by atoms with Crippen LogP contribution in [0.4, 0.5) is 5.69 Å². The summed E-state index contributed by atoms with van der Waals surface area (Å²) in [7, 11) is 1.62. The number of para-hydroxylation sites is 1. The van der Waals surface area contributed by atoms with Gasteiger partial charge >= 0.3 is 0 Å². The number of carbonyl (C=O) groups excluding carboxylic acids is 2. The van der Waals surface area contributed by atoms with Gasteiger partial charge in [0.15, 0.2) is 11.9 Å². The quantitative estimate of drug-likeness (QED) is 0.876. The van der Waals surface area contributed by atoms with Crippen molar-refractivity contribution in [1.29, 1.82) is 0 Å². The zero-order chi connectivity index (χ0) is 17.8. The number of hydrogen-bond donors (Lipinski definition) is 2. The van der Waals surface area contributed by atoms with Gasteiger partial charge in [0.25, 0.3) is 11.8 Å². The fraction of sp³-hybridized carbons (Fsp3) is 0.263. The predicted octanol–water partition coefficient (Wildman–Crippen LogP) is 2.39. The van der Waals surface area contributed by atoms with Crippen LogP contribution in [0.15, 0.2) is 42.5 Å². The molecule has 1 atom stereocenters. The summed E-state index contributed by atoms with van der Waals surface area (Å²) in [5.74, 6) is 0.749. The highest BCUT2D eigenvalue weighted by Crippen LogP contribution is 2.33. The van der Waals surface area contributed by atoms with Crippen molar-refractivity contribution in [3.8, 4) is 11.5 Å². The number of benzene rings is 2. The van der Waals surface area contributed by atoms with Crippen LogP contribution in [0.5, 0.6) is 11.5 Å². The summed E-state index contributed by atoms with van der Waals surface area (Å²) in [6.07, 6.45) is 0.0598. The van der Waals surface area contributed by atoms with Crippen molar-refractivity contribution in [3.63, 3.8) is 0 Å². The first-order valence-corrected chi connectivity index (χ1v) is 8.10. The van der Waals surface area contributed by atoms with E-state index in [-0.39, 0.29) is 11.8 Å². The summed E-state index contributed by atoms with van der Waals surface area (Å²) < 4.78 is 10.8. The van der Waals surface area contributed by atoms with Crippen LogP contribution >= 0.6 is 0 Å². The molecule has 2 aromatic carbocycles. The molecular formula is C19H20N2O4. The minimum Gasteiger partial charge on any atom is -0.497 e. The number of methoxy groups -OCH3 is 1. The SMILES string of the molecule is COc1cccc(CCNC(=O)c2cccc3c2O[C@H](C)C(=O)N3)c1. The lowest BCUT2D eigenvalue weighted by Gasteiger charge is -2.25. The number of rotatable bonds is 5. The summed E-state index contributed by atoms with van der Waals surface area (Å²) >= 11 is 0. The number of amides is 2. The highest BCUT2D eigenvalue weighted by Gasteiger charge is 2.27. The molecule has 0 aromatic heterocycles. The molecule has 3 rings (SSSR count). The molecule has 1 heterocycles. The lowest BCUT2D eigenvalue weighted by Crippen LogP contribution is -2.36. The smallest absolute Gasteiger partial charge is 0.265 e. The number of hydrogen-bond acceptors (Lipinski definition) is 4. The van der Waals surface area contributed by atoms with Gasteiger partial charge in [-0.2, -0.15) is 0 Å². The van der Waals surface area contributed by atoms with E-state index in [4.69, 9.17) is 9.47 Å². The van der Waals surface area contributed by atoms with Crippen LogP contribution in [0.3, 0.4) is 0 Å². The molecule has 0 radical (unpaired) electrons. The highest BCUT2D eigenvalue weighted by molar-refractivity contribution is 6.03. The van der Waals surface area contributed by atoms with E-state index in [2.05, 4.69) is 10.6 Å². The molecule has 2 N–H and O–H groups in total. The van der Waals surface area contributed by atoms with Crippen LogP contribution in [0.1, 0.15) is 22.8 Å². The average molecular weight is 340 g/mol. The molecule has 2 amide bonds. The molecule has 6 nitrogen and oxygen atoms in total. The maximum atomic E-state index is 12.5. The first-order chi connectivity index (χ1) is 12.1. The zero-order valence-electron chi connectivity index (χ0n) is 14.2. The molecule has 1 aliphatic heterocycles. The topological polar surface area (TPSA) is 76.7 Å². The summed E-state index contributed by atoms with van der Waals surface area (Å²) in [6.45, 7) is 2.13. The normalized spacial score (nSPS) is 15.6. The molecule has 0 aliphatic carbocycles. The Morgan fingerprint density at radius 3 is 2.88 bits per heavy atom. The minimum absolute atomic E-state index is 0.219. The average Bonchev–Trinajstić information content (AvgIpc) is 2.62. The molecule has 0 spiro atoms. The van der Waals surface area contributed by atoms with Gasteiger partial charge in [0.2, 0.25) is 0 Å². The van der Waals surface area contributed by atoms with Gasteiger partial charge in [-0.15, -0.1) is 0 Å². The summed E-state index contributed by atoms with van der Waals surface area (Å²) in [5.41, 5.74) is 2.01. The summed E-state index contributed by atoms with van der Waals surface area (Å²) in [5, 5.41) is 5.63. The van der Waals surface area contributed by atoms with Crippen molar-refractivity contribution in [3.05, 3.63) is 53.6 Å². The standard InChI is InChI=1S/C19H20N2O4/c1-12-18(22)21-16-8-4-7-15(17(16)25-12)19(23)20-10-9-13-5-3-6-14(11-13)24-2/h3-8,11-12H,9-10H2,1-2H3,(H,20,23)(H,21,22)/t12-/m1/s1. The molecule has 0 unspecified atom stereocenters. The lowest BCUT2D eigenvalue weighted by molar-refractivity contribution is -0.122. The zero-order valence-corrected chi connectivity index (χ0v) is 14.2. The molecule has 130 valence electrons. The van der Waals surface area contributed by atoms with E-state index in [1.807, 2.05) is 24.3 Å². The Morgan fingerprint density at radius 2 is 2.08 bits per heavy atom. The highest BCUT2D eigenvalue weighted by atomic mass is 16.5. The number of anilines is 1. The lowest BCUT2D eigenvalue weighted by atomic mass is 10.1. The predicted molar refractivity (Wildman–Crippen MR) is 94.2 cm³/mol. The molecule has 6 heteroatoms. The van der Waals surface area contributed by atoms with E-state index in [0.29, 0.717) is 30.0 Å². The first kappa shape index (κ1) is 16.8. The van der Waals surface area contributed by atoms with Crippen LogP contribution in [0.2, 0.25) is 0 Å². The van der Waals surface area contributed by atoms with Crippen LogP contribution in [-0.2, 0) is 11.2 Å². The fourth-order valence-electron chi connectivity index (χ4n) is 2.65. The van der Waals surface area contributed by atoms with E-state index in [1.54, 1.807) is 32.2 Å². The molecule has 1 aliphatic rings. The van der Waals surface area contributed by atoms with Gasteiger partial charge in [-0.3, -0.25) is 9.59 Å². The largest absolute Gasteiger partial charge is 0.497 e. The third-order valence-electron chi connectivity index (χ3n) is 4.01. The van der Waals surface area contributed by atoms with E-state index in [1.165, 1.54) is 0 Å².